The molecule has 112 valence electrons. The lowest BCUT2D eigenvalue weighted by atomic mass is 10.2. The molecule has 0 aromatic carbocycles. The van der Waals surface area contributed by atoms with Crippen LogP contribution in [0.2, 0.25) is 0 Å². The molecule has 8 nitrogen and oxygen atoms in total. The van der Waals surface area contributed by atoms with Crippen molar-refractivity contribution in [1.82, 2.24) is 15.4 Å². The Balaban J connectivity index is 3.84. The Morgan fingerprint density at radius 3 is 2.47 bits per heavy atom. The van der Waals surface area contributed by atoms with Crippen LogP contribution in [0.15, 0.2) is 0 Å². The number of hydrogen-bond donors (Lipinski definition) is 4. The Labute approximate surface area is 113 Å². The molecule has 19 heavy (non-hydrogen) atoms. The summed E-state index contributed by atoms with van der Waals surface area (Å²) < 4.78 is 24.8. The Bertz CT molecular complexity index is 396. The summed E-state index contributed by atoms with van der Waals surface area (Å²) in [5, 5.41) is 13.4. The molecular weight excluding hydrogens is 274 g/mol. The van der Waals surface area contributed by atoms with E-state index in [0.717, 1.165) is 0 Å². The van der Waals surface area contributed by atoms with Crippen LogP contribution in [0.1, 0.15) is 26.7 Å². The molecule has 0 aliphatic heterocycles. The number of hydrogen-bond acceptors (Lipinski definition) is 4. The second kappa shape index (κ2) is 8.70. The maximum Gasteiger partial charge on any atom is 0.315 e. The minimum absolute atomic E-state index is 0.00713. The van der Waals surface area contributed by atoms with Crippen molar-refractivity contribution in [1.29, 1.82) is 0 Å². The number of sulfonamides is 1. The predicted octanol–water partition coefficient (Wildman–Crippen LogP) is -0.522. The first-order valence-electron chi connectivity index (χ1n) is 6.00. The van der Waals surface area contributed by atoms with Gasteiger partial charge in [0.15, 0.2) is 0 Å². The molecule has 1 atom stereocenters. The van der Waals surface area contributed by atoms with Crippen LogP contribution in [-0.4, -0.2) is 50.4 Å². The fourth-order valence-electron chi connectivity index (χ4n) is 1.28. The maximum atomic E-state index is 11.4. The van der Waals surface area contributed by atoms with E-state index in [-0.39, 0.29) is 24.8 Å². The second-order valence-electron chi connectivity index (χ2n) is 4.05. The van der Waals surface area contributed by atoms with Gasteiger partial charge < -0.3 is 15.7 Å². The van der Waals surface area contributed by atoms with Gasteiger partial charge in [-0.3, -0.25) is 4.79 Å². The smallest absolute Gasteiger partial charge is 0.315 e. The number of amides is 2. The Hall–Kier alpha value is -1.35. The molecule has 0 fully saturated rings. The summed E-state index contributed by atoms with van der Waals surface area (Å²) in [4.78, 5) is 21.7. The molecule has 0 aromatic rings. The minimum atomic E-state index is -3.35. The van der Waals surface area contributed by atoms with E-state index in [4.69, 9.17) is 5.11 Å². The fraction of sp³-hybridized carbons (Fsp3) is 0.800. The molecule has 0 spiro atoms. The molecule has 0 saturated heterocycles. The van der Waals surface area contributed by atoms with E-state index in [9.17, 15) is 18.0 Å². The molecule has 0 aliphatic carbocycles. The van der Waals surface area contributed by atoms with Gasteiger partial charge in [0.05, 0.1) is 5.75 Å². The van der Waals surface area contributed by atoms with Gasteiger partial charge in [-0.2, -0.15) is 0 Å². The number of carbonyl (C=O) groups excluding carboxylic acids is 1. The molecule has 0 aliphatic rings. The molecule has 9 heteroatoms. The average molecular weight is 295 g/mol. The van der Waals surface area contributed by atoms with Crippen molar-refractivity contribution in [3.63, 3.8) is 0 Å². The van der Waals surface area contributed by atoms with Crippen molar-refractivity contribution >= 4 is 22.0 Å². The van der Waals surface area contributed by atoms with E-state index >= 15 is 0 Å². The van der Waals surface area contributed by atoms with Crippen molar-refractivity contribution in [3.8, 4) is 0 Å². The van der Waals surface area contributed by atoms with Crippen molar-refractivity contribution in [3.05, 3.63) is 0 Å². The van der Waals surface area contributed by atoms with Crippen molar-refractivity contribution in [2.45, 2.75) is 32.7 Å². The van der Waals surface area contributed by atoms with Crippen molar-refractivity contribution < 1.29 is 23.1 Å². The van der Waals surface area contributed by atoms with E-state index in [1.807, 2.05) is 0 Å². The lowest BCUT2D eigenvalue weighted by Crippen LogP contribution is -2.43. The van der Waals surface area contributed by atoms with Crippen LogP contribution >= 0.6 is 0 Å². The van der Waals surface area contributed by atoms with E-state index < -0.39 is 22.0 Å². The van der Waals surface area contributed by atoms with Gasteiger partial charge in [0.1, 0.15) is 0 Å². The van der Waals surface area contributed by atoms with Gasteiger partial charge in [-0.15, -0.1) is 0 Å². The Kier molecular flexibility index (Phi) is 8.08. The maximum absolute atomic E-state index is 11.4. The molecule has 0 rings (SSSR count). The van der Waals surface area contributed by atoms with Gasteiger partial charge in [-0.1, -0.05) is 6.92 Å². The van der Waals surface area contributed by atoms with Crippen molar-refractivity contribution in [2.75, 3.05) is 18.8 Å². The third-order valence-corrected chi connectivity index (χ3v) is 3.66. The van der Waals surface area contributed by atoms with E-state index in [2.05, 4.69) is 15.4 Å². The van der Waals surface area contributed by atoms with E-state index in [1.54, 1.807) is 13.8 Å². The van der Waals surface area contributed by atoms with Crippen LogP contribution in [0.5, 0.6) is 0 Å². The van der Waals surface area contributed by atoms with Gasteiger partial charge in [0.2, 0.25) is 10.0 Å². The van der Waals surface area contributed by atoms with Gasteiger partial charge in [0.25, 0.3) is 0 Å². The number of carboxylic acid groups (broad SMARTS) is 1. The summed E-state index contributed by atoms with van der Waals surface area (Å²) in [5.74, 6) is -1.12. The standard InChI is InChI=1S/C10H21N3O5S/c1-3-12-19(17,18)7-6-11-10(16)13-8(2)4-5-9(14)15/h8,12H,3-7H2,1-2H3,(H,14,15)(H2,11,13,16). The van der Waals surface area contributed by atoms with Gasteiger partial charge >= 0.3 is 12.0 Å². The quantitative estimate of drug-likeness (QED) is 0.455. The SMILES string of the molecule is CCNS(=O)(=O)CCNC(=O)NC(C)CCC(=O)O. The van der Waals surface area contributed by atoms with Crippen LogP contribution in [0.3, 0.4) is 0 Å². The fourth-order valence-corrected chi connectivity index (χ4v) is 2.23. The first-order chi connectivity index (χ1) is 8.76. The van der Waals surface area contributed by atoms with Crippen LogP contribution in [0.4, 0.5) is 4.79 Å². The largest absolute Gasteiger partial charge is 0.481 e. The van der Waals surface area contributed by atoms with Crippen LogP contribution < -0.4 is 15.4 Å². The monoisotopic (exact) mass is 295 g/mol. The van der Waals surface area contributed by atoms with E-state index in [0.29, 0.717) is 13.0 Å². The van der Waals surface area contributed by atoms with Gasteiger partial charge in [0, 0.05) is 25.6 Å². The summed E-state index contributed by atoms with van der Waals surface area (Å²) in [6, 6.07) is -0.800. The van der Waals surface area contributed by atoms with Gasteiger partial charge in [-0.25, -0.2) is 17.9 Å². The topological polar surface area (TPSA) is 125 Å². The summed E-state index contributed by atoms with van der Waals surface area (Å²) in [6.45, 7) is 3.65. The summed E-state index contributed by atoms with van der Waals surface area (Å²) >= 11 is 0. The molecule has 2 amide bonds. The summed E-state index contributed by atoms with van der Waals surface area (Å²) in [7, 11) is -3.35. The van der Waals surface area contributed by atoms with Crippen LogP contribution in [-0.2, 0) is 14.8 Å². The predicted molar refractivity (Wildman–Crippen MR) is 70.3 cm³/mol. The number of carbonyl (C=O) groups is 2. The summed E-state index contributed by atoms with van der Waals surface area (Å²) in [5.41, 5.74) is 0. The third-order valence-electron chi connectivity index (χ3n) is 2.19. The average Bonchev–Trinajstić information content (AvgIpc) is 2.25. The zero-order valence-corrected chi connectivity index (χ0v) is 11.9. The highest BCUT2D eigenvalue weighted by atomic mass is 32.2. The molecule has 0 heterocycles. The Morgan fingerprint density at radius 2 is 1.95 bits per heavy atom. The lowest BCUT2D eigenvalue weighted by molar-refractivity contribution is -0.137. The molecule has 1 unspecified atom stereocenters. The molecule has 0 bridgehead atoms. The molecular formula is C10H21N3O5S. The first-order valence-corrected chi connectivity index (χ1v) is 7.65. The highest BCUT2D eigenvalue weighted by molar-refractivity contribution is 7.89. The minimum Gasteiger partial charge on any atom is -0.481 e. The number of carboxylic acids is 1. The number of nitrogens with one attached hydrogen (secondary N) is 3. The Morgan fingerprint density at radius 1 is 1.32 bits per heavy atom. The second-order valence-corrected chi connectivity index (χ2v) is 5.98. The van der Waals surface area contributed by atoms with Crippen molar-refractivity contribution in [2.24, 2.45) is 0 Å². The van der Waals surface area contributed by atoms with Crippen LogP contribution in [0, 0.1) is 0 Å². The first kappa shape index (κ1) is 17.6. The molecule has 4 N–H and O–H groups in total. The molecule has 0 aromatic heterocycles. The summed E-state index contributed by atoms with van der Waals surface area (Å²) in [6.07, 6.45) is 0.286. The van der Waals surface area contributed by atoms with Gasteiger partial charge in [-0.05, 0) is 13.3 Å². The highest BCUT2D eigenvalue weighted by Crippen LogP contribution is 1.95. The molecule has 0 radical (unpaired) electrons. The molecule has 0 saturated carbocycles. The third kappa shape index (κ3) is 10.3. The number of aliphatic carboxylic acids is 1. The normalized spacial score (nSPS) is 12.7. The highest BCUT2D eigenvalue weighted by Gasteiger charge is 2.11. The zero-order valence-electron chi connectivity index (χ0n) is 11.1. The zero-order chi connectivity index (χ0) is 14.9. The lowest BCUT2D eigenvalue weighted by Gasteiger charge is -2.13. The number of rotatable bonds is 9. The number of urea groups is 1. The van der Waals surface area contributed by atoms with Crippen LogP contribution in [0.25, 0.3) is 0 Å². The van der Waals surface area contributed by atoms with E-state index in [1.165, 1.54) is 0 Å².